The molecule has 1 aromatic heterocycles. The first-order chi connectivity index (χ1) is 8.74. The SMILES string of the molecule is COCCCCCn1c(C)cc2c1CCCC2N. The van der Waals surface area contributed by atoms with Gasteiger partial charge < -0.3 is 15.0 Å². The van der Waals surface area contributed by atoms with E-state index < -0.39 is 0 Å². The Bertz CT molecular complexity index is 384. The van der Waals surface area contributed by atoms with E-state index in [-0.39, 0.29) is 6.04 Å². The maximum absolute atomic E-state index is 6.19. The first kappa shape index (κ1) is 13.6. The van der Waals surface area contributed by atoms with Crippen molar-refractivity contribution in [2.75, 3.05) is 13.7 Å². The fourth-order valence-corrected chi connectivity index (χ4v) is 3.00. The molecule has 18 heavy (non-hydrogen) atoms. The summed E-state index contributed by atoms with van der Waals surface area (Å²) in [4.78, 5) is 0. The highest BCUT2D eigenvalue weighted by Crippen LogP contribution is 2.30. The Morgan fingerprint density at radius 3 is 3.00 bits per heavy atom. The third kappa shape index (κ3) is 2.96. The lowest BCUT2D eigenvalue weighted by Gasteiger charge is -2.21. The van der Waals surface area contributed by atoms with Crippen molar-refractivity contribution in [3.8, 4) is 0 Å². The number of aromatic nitrogens is 1. The molecule has 1 aliphatic carbocycles. The quantitative estimate of drug-likeness (QED) is 0.789. The standard InChI is InChI=1S/C15H26N2O/c1-12-11-13-14(16)7-6-8-15(13)17(12)9-4-3-5-10-18-2/h11,14H,3-10,16H2,1-2H3. The Kier molecular flexibility index (Phi) is 4.84. The molecule has 0 saturated carbocycles. The van der Waals surface area contributed by atoms with Crippen molar-refractivity contribution in [1.82, 2.24) is 4.57 Å². The van der Waals surface area contributed by atoms with Crippen LogP contribution in [0.5, 0.6) is 0 Å². The molecule has 0 bridgehead atoms. The topological polar surface area (TPSA) is 40.2 Å². The van der Waals surface area contributed by atoms with Crippen LogP contribution in [0.25, 0.3) is 0 Å². The van der Waals surface area contributed by atoms with E-state index >= 15 is 0 Å². The summed E-state index contributed by atoms with van der Waals surface area (Å²) in [6.07, 6.45) is 7.23. The lowest BCUT2D eigenvalue weighted by molar-refractivity contribution is 0.191. The Morgan fingerprint density at radius 1 is 1.39 bits per heavy atom. The predicted octanol–water partition coefficient (Wildman–Crippen LogP) is 2.95. The molecule has 1 atom stereocenters. The molecule has 1 unspecified atom stereocenters. The number of aryl methyl sites for hydroxylation is 1. The van der Waals surface area contributed by atoms with Gasteiger partial charge in [-0.25, -0.2) is 0 Å². The minimum absolute atomic E-state index is 0.266. The molecule has 3 nitrogen and oxygen atoms in total. The number of rotatable bonds is 6. The fourth-order valence-electron chi connectivity index (χ4n) is 3.00. The van der Waals surface area contributed by atoms with Gasteiger partial charge in [-0.2, -0.15) is 0 Å². The Morgan fingerprint density at radius 2 is 2.22 bits per heavy atom. The molecule has 1 aliphatic rings. The van der Waals surface area contributed by atoms with Gasteiger partial charge in [0.25, 0.3) is 0 Å². The summed E-state index contributed by atoms with van der Waals surface area (Å²) in [6, 6.07) is 2.57. The smallest absolute Gasteiger partial charge is 0.0462 e. The first-order valence-corrected chi connectivity index (χ1v) is 7.17. The van der Waals surface area contributed by atoms with Crippen LogP contribution in [0, 0.1) is 6.92 Å². The molecule has 0 fully saturated rings. The number of fused-ring (bicyclic) bond motifs is 1. The van der Waals surface area contributed by atoms with Gasteiger partial charge in [-0.15, -0.1) is 0 Å². The Labute approximate surface area is 110 Å². The zero-order valence-electron chi connectivity index (χ0n) is 11.7. The minimum Gasteiger partial charge on any atom is -0.385 e. The number of hydrogen-bond acceptors (Lipinski definition) is 2. The van der Waals surface area contributed by atoms with Gasteiger partial charge in [0.05, 0.1) is 0 Å². The van der Waals surface area contributed by atoms with Crippen LogP contribution < -0.4 is 5.73 Å². The van der Waals surface area contributed by atoms with Crippen molar-refractivity contribution in [1.29, 1.82) is 0 Å². The van der Waals surface area contributed by atoms with Crippen molar-refractivity contribution in [2.24, 2.45) is 5.73 Å². The third-order valence-corrected chi connectivity index (χ3v) is 4.01. The van der Waals surface area contributed by atoms with Gasteiger partial charge in [-0.3, -0.25) is 0 Å². The molecule has 3 heteroatoms. The lowest BCUT2D eigenvalue weighted by atomic mass is 9.93. The fraction of sp³-hybridized carbons (Fsp3) is 0.733. The highest BCUT2D eigenvalue weighted by atomic mass is 16.5. The molecular weight excluding hydrogens is 224 g/mol. The second-order valence-corrected chi connectivity index (χ2v) is 5.39. The van der Waals surface area contributed by atoms with Crippen molar-refractivity contribution < 1.29 is 4.74 Å². The van der Waals surface area contributed by atoms with Crippen molar-refractivity contribution >= 4 is 0 Å². The number of nitrogens with zero attached hydrogens (tertiary/aromatic N) is 1. The maximum atomic E-state index is 6.19. The van der Waals surface area contributed by atoms with Gasteiger partial charge in [-0.05, 0) is 57.1 Å². The van der Waals surface area contributed by atoms with Crippen LogP contribution in [0.3, 0.4) is 0 Å². The van der Waals surface area contributed by atoms with E-state index in [9.17, 15) is 0 Å². The van der Waals surface area contributed by atoms with Crippen LogP contribution in [0.4, 0.5) is 0 Å². The van der Waals surface area contributed by atoms with E-state index in [1.165, 1.54) is 49.1 Å². The number of hydrogen-bond donors (Lipinski definition) is 1. The Hall–Kier alpha value is -0.800. The molecule has 0 saturated heterocycles. The van der Waals surface area contributed by atoms with Crippen LogP contribution in [0.2, 0.25) is 0 Å². The second kappa shape index (κ2) is 6.39. The Balaban J connectivity index is 1.96. The normalized spacial score (nSPS) is 18.9. The average Bonchev–Trinajstić information content (AvgIpc) is 2.68. The summed E-state index contributed by atoms with van der Waals surface area (Å²) in [7, 11) is 1.77. The summed E-state index contributed by atoms with van der Waals surface area (Å²) in [5, 5.41) is 0. The van der Waals surface area contributed by atoms with Crippen LogP contribution >= 0.6 is 0 Å². The summed E-state index contributed by atoms with van der Waals surface area (Å²) in [5.41, 5.74) is 10.5. The van der Waals surface area contributed by atoms with Crippen LogP contribution in [0.1, 0.15) is 55.1 Å². The van der Waals surface area contributed by atoms with Crippen LogP contribution in [-0.2, 0) is 17.7 Å². The summed E-state index contributed by atoms with van der Waals surface area (Å²) < 4.78 is 7.57. The molecule has 1 aromatic rings. The van der Waals surface area contributed by atoms with E-state index in [0.29, 0.717) is 0 Å². The number of ether oxygens (including phenoxy) is 1. The highest BCUT2D eigenvalue weighted by molar-refractivity contribution is 5.32. The van der Waals surface area contributed by atoms with Gasteiger partial charge in [0.2, 0.25) is 0 Å². The van der Waals surface area contributed by atoms with Gasteiger partial charge in [-0.1, -0.05) is 0 Å². The van der Waals surface area contributed by atoms with E-state index in [1.54, 1.807) is 7.11 Å². The molecule has 2 rings (SSSR count). The zero-order chi connectivity index (χ0) is 13.0. The molecule has 0 aromatic carbocycles. The molecular formula is C15H26N2O. The third-order valence-electron chi connectivity index (χ3n) is 4.01. The first-order valence-electron chi connectivity index (χ1n) is 7.17. The number of unbranched alkanes of at least 4 members (excludes halogenated alkanes) is 2. The summed E-state index contributed by atoms with van der Waals surface area (Å²) in [5.74, 6) is 0. The summed E-state index contributed by atoms with van der Waals surface area (Å²) in [6.45, 7) is 4.23. The van der Waals surface area contributed by atoms with Gasteiger partial charge >= 0.3 is 0 Å². The predicted molar refractivity (Wildman–Crippen MR) is 74.8 cm³/mol. The van der Waals surface area contributed by atoms with E-state index in [0.717, 1.165) is 19.6 Å². The van der Waals surface area contributed by atoms with Crippen LogP contribution in [-0.4, -0.2) is 18.3 Å². The minimum atomic E-state index is 0.266. The summed E-state index contributed by atoms with van der Waals surface area (Å²) >= 11 is 0. The highest BCUT2D eigenvalue weighted by Gasteiger charge is 2.21. The lowest BCUT2D eigenvalue weighted by Crippen LogP contribution is -2.18. The zero-order valence-corrected chi connectivity index (χ0v) is 11.7. The molecule has 102 valence electrons. The van der Waals surface area contributed by atoms with Crippen molar-refractivity contribution in [2.45, 2.75) is 58.0 Å². The second-order valence-electron chi connectivity index (χ2n) is 5.39. The number of nitrogens with two attached hydrogens (primary N) is 1. The molecule has 0 aliphatic heterocycles. The van der Waals surface area contributed by atoms with E-state index in [4.69, 9.17) is 10.5 Å². The van der Waals surface area contributed by atoms with Gasteiger partial charge in [0, 0.05) is 37.7 Å². The van der Waals surface area contributed by atoms with Crippen molar-refractivity contribution in [3.63, 3.8) is 0 Å². The van der Waals surface area contributed by atoms with E-state index in [1.807, 2.05) is 0 Å². The van der Waals surface area contributed by atoms with E-state index in [2.05, 4.69) is 17.6 Å². The number of methoxy groups -OCH3 is 1. The van der Waals surface area contributed by atoms with Gasteiger partial charge in [0.15, 0.2) is 0 Å². The molecule has 0 amide bonds. The maximum Gasteiger partial charge on any atom is 0.0462 e. The van der Waals surface area contributed by atoms with Gasteiger partial charge in [0.1, 0.15) is 0 Å². The van der Waals surface area contributed by atoms with Crippen molar-refractivity contribution in [3.05, 3.63) is 23.0 Å². The average molecular weight is 250 g/mol. The molecule has 1 heterocycles. The molecule has 0 spiro atoms. The van der Waals surface area contributed by atoms with Crippen LogP contribution in [0.15, 0.2) is 6.07 Å². The molecule has 0 radical (unpaired) electrons. The largest absolute Gasteiger partial charge is 0.385 e. The monoisotopic (exact) mass is 250 g/mol. The molecule has 2 N–H and O–H groups in total.